The second kappa shape index (κ2) is 4.65. The van der Waals surface area contributed by atoms with Gasteiger partial charge in [-0.25, -0.2) is 13.1 Å². The number of nitrogens with one attached hydrogen (secondary N) is 1. The number of hydrogen-bond acceptors (Lipinski definition) is 3. The van der Waals surface area contributed by atoms with Crippen LogP contribution in [0.25, 0.3) is 0 Å². The molecule has 1 amide bonds. The van der Waals surface area contributed by atoms with Crippen molar-refractivity contribution in [2.75, 3.05) is 0 Å². The molecule has 0 aliphatic carbocycles. The van der Waals surface area contributed by atoms with E-state index in [4.69, 9.17) is 0 Å². The Morgan fingerprint density at radius 3 is 2.31 bits per heavy atom. The van der Waals surface area contributed by atoms with Gasteiger partial charge in [-0.1, -0.05) is 32.0 Å². The normalized spacial score (nSPS) is 11.5. The highest BCUT2D eigenvalue weighted by atomic mass is 32.2. The van der Waals surface area contributed by atoms with E-state index in [9.17, 15) is 13.2 Å². The van der Waals surface area contributed by atoms with Gasteiger partial charge < -0.3 is 0 Å². The van der Waals surface area contributed by atoms with Crippen molar-refractivity contribution >= 4 is 15.9 Å². The molecule has 0 aliphatic rings. The molecule has 0 saturated carbocycles. The molecule has 0 radical (unpaired) electrons. The van der Waals surface area contributed by atoms with Crippen LogP contribution < -0.4 is 4.72 Å². The van der Waals surface area contributed by atoms with Crippen LogP contribution in [0.4, 0.5) is 0 Å². The third-order valence-corrected chi connectivity index (χ3v) is 3.62. The molecule has 0 atom stereocenters. The van der Waals surface area contributed by atoms with E-state index < -0.39 is 15.9 Å². The average molecular weight is 241 g/mol. The summed E-state index contributed by atoms with van der Waals surface area (Å²) < 4.78 is 25.6. The fraction of sp³-hybridized carbons (Fsp3) is 0.364. The van der Waals surface area contributed by atoms with Crippen LogP contribution in [0.5, 0.6) is 0 Å². The van der Waals surface area contributed by atoms with E-state index in [-0.39, 0.29) is 10.8 Å². The third-order valence-electron chi connectivity index (χ3n) is 2.11. The zero-order valence-corrected chi connectivity index (χ0v) is 10.3. The lowest BCUT2D eigenvalue weighted by Crippen LogP contribution is -2.29. The van der Waals surface area contributed by atoms with Crippen LogP contribution >= 0.6 is 0 Å². The van der Waals surface area contributed by atoms with E-state index in [0.717, 1.165) is 0 Å². The van der Waals surface area contributed by atoms with E-state index in [1.54, 1.807) is 18.2 Å². The maximum Gasteiger partial charge on any atom is 0.264 e. The highest BCUT2D eigenvalue weighted by Gasteiger charge is 2.20. The van der Waals surface area contributed by atoms with Crippen molar-refractivity contribution in [3.05, 3.63) is 29.8 Å². The first-order valence-corrected chi connectivity index (χ1v) is 6.45. The molecule has 88 valence electrons. The van der Waals surface area contributed by atoms with Gasteiger partial charge in [-0.2, -0.15) is 0 Å². The average Bonchev–Trinajstić information content (AvgIpc) is 2.15. The Labute approximate surface area is 95.7 Å². The predicted octanol–water partition coefficient (Wildman–Crippen LogP) is 1.63. The minimum Gasteiger partial charge on any atom is -0.274 e. The monoisotopic (exact) mass is 241 g/mol. The lowest BCUT2D eigenvalue weighted by Gasteiger charge is -2.12. The Kier molecular flexibility index (Phi) is 3.70. The Balaban J connectivity index is 3.28. The van der Waals surface area contributed by atoms with Crippen LogP contribution in [0.15, 0.2) is 29.2 Å². The molecule has 1 rings (SSSR count). The molecule has 0 spiro atoms. The van der Waals surface area contributed by atoms with Crippen molar-refractivity contribution in [1.29, 1.82) is 0 Å². The highest BCUT2D eigenvalue weighted by Crippen LogP contribution is 2.22. The van der Waals surface area contributed by atoms with E-state index in [1.165, 1.54) is 13.0 Å². The van der Waals surface area contributed by atoms with E-state index in [1.807, 2.05) is 18.6 Å². The van der Waals surface area contributed by atoms with Crippen LogP contribution in [-0.4, -0.2) is 14.3 Å². The first-order chi connectivity index (χ1) is 7.34. The molecule has 16 heavy (non-hydrogen) atoms. The summed E-state index contributed by atoms with van der Waals surface area (Å²) in [5, 5.41) is 0. The third kappa shape index (κ3) is 2.82. The van der Waals surface area contributed by atoms with Gasteiger partial charge >= 0.3 is 0 Å². The minimum absolute atomic E-state index is 0.0831. The van der Waals surface area contributed by atoms with E-state index in [2.05, 4.69) is 0 Å². The largest absolute Gasteiger partial charge is 0.274 e. The van der Waals surface area contributed by atoms with E-state index in [0.29, 0.717) is 5.56 Å². The van der Waals surface area contributed by atoms with Crippen molar-refractivity contribution < 1.29 is 13.2 Å². The smallest absolute Gasteiger partial charge is 0.264 e. The summed E-state index contributed by atoms with van der Waals surface area (Å²) >= 11 is 0. The van der Waals surface area contributed by atoms with Crippen molar-refractivity contribution in [1.82, 2.24) is 4.72 Å². The quantitative estimate of drug-likeness (QED) is 0.875. The maximum absolute atomic E-state index is 11.8. The molecular weight excluding hydrogens is 226 g/mol. The summed E-state index contributed by atoms with van der Waals surface area (Å²) in [5.41, 5.74) is 0.705. The first-order valence-electron chi connectivity index (χ1n) is 4.97. The Morgan fingerprint density at radius 2 is 1.81 bits per heavy atom. The molecule has 1 aromatic rings. The molecule has 0 unspecified atom stereocenters. The van der Waals surface area contributed by atoms with Gasteiger partial charge in [-0.15, -0.1) is 0 Å². The highest BCUT2D eigenvalue weighted by molar-refractivity contribution is 7.90. The lowest BCUT2D eigenvalue weighted by molar-refractivity contribution is -0.117. The number of carbonyl (C=O) groups excluding carboxylic acids is 1. The van der Waals surface area contributed by atoms with Crippen LogP contribution in [0.3, 0.4) is 0 Å². The van der Waals surface area contributed by atoms with Crippen LogP contribution in [0.1, 0.15) is 32.3 Å². The van der Waals surface area contributed by atoms with Crippen molar-refractivity contribution in [2.24, 2.45) is 0 Å². The van der Waals surface area contributed by atoms with Gasteiger partial charge in [0.15, 0.2) is 0 Å². The van der Waals surface area contributed by atoms with Crippen LogP contribution in [-0.2, 0) is 14.8 Å². The van der Waals surface area contributed by atoms with Gasteiger partial charge in [0.1, 0.15) is 0 Å². The second-order valence-corrected chi connectivity index (χ2v) is 5.51. The fourth-order valence-electron chi connectivity index (χ4n) is 1.45. The van der Waals surface area contributed by atoms with Gasteiger partial charge in [-0.05, 0) is 17.5 Å². The van der Waals surface area contributed by atoms with Crippen molar-refractivity contribution in [2.45, 2.75) is 31.6 Å². The number of sulfonamides is 1. The zero-order valence-electron chi connectivity index (χ0n) is 9.52. The number of carbonyl (C=O) groups is 1. The number of hydrogen-bond donors (Lipinski definition) is 1. The molecule has 5 heteroatoms. The topological polar surface area (TPSA) is 63.2 Å². The minimum atomic E-state index is -3.73. The number of benzene rings is 1. The van der Waals surface area contributed by atoms with Gasteiger partial charge in [0.05, 0.1) is 4.90 Å². The summed E-state index contributed by atoms with van der Waals surface area (Å²) in [6, 6.07) is 6.67. The molecule has 1 aromatic carbocycles. The summed E-state index contributed by atoms with van der Waals surface area (Å²) in [6.45, 7) is 4.99. The van der Waals surface area contributed by atoms with Gasteiger partial charge in [-0.3, -0.25) is 4.79 Å². The number of rotatable bonds is 3. The molecule has 0 saturated heterocycles. The molecule has 4 nitrogen and oxygen atoms in total. The van der Waals surface area contributed by atoms with Gasteiger partial charge in [0.2, 0.25) is 5.91 Å². The number of amides is 1. The van der Waals surface area contributed by atoms with Crippen molar-refractivity contribution in [3.63, 3.8) is 0 Å². The standard InChI is InChI=1S/C11H15NO3S/c1-8(2)10-6-4-5-7-11(10)16(14,15)12-9(3)13/h4-8H,1-3H3,(H,12,13). The van der Waals surface area contributed by atoms with Gasteiger partial charge in [0.25, 0.3) is 10.0 Å². The zero-order chi connectivity index (χ0) is 12.3. The molecule has 0 aromatic heterocycles. The van der Waals surface area contributed by atoms with Crippen LogP contribution in [0, 0.1) is 0 Å². The van der Waals surface area contributed by atoms with Crippen molar-refractivity contribution in [3.8, 4) is 0 Å². The fourth-order valence-corrected chi connectivity index (χ4v) is 2.81. The summed E-state index contributed by atoms with van der Waals surface area (Å²) in [7, 11) is -3.73. The lowest BCUT2D eigenvalue weighted by atomic mass is 10.0. The molecule has 0 aliphatic heterocycles. The molecule has 0 heterocycles. The molecular formula is C11H15NO3S. The Bertz CT molecular complexity index is 492. The Hall–Kier alpha value is -1.36. The predicted molar refractivity (Wildman–Crippen MR) is 61.5 cm³/mol. The summed E-state index contributed by atoms with van der Waals surface area (Å²) in [4.78, 5) is 11.0. The second-order valence-electron chi connectivity index (χ2n) is 3.85. The molecule has 0 bridgehead atoms. The maximum atomic E-state index is 11.8. The van der Waals surface area contributed by atoms with Crippen LogP contribution in [0.2, 0.25) is 0 Å². The summed E-state index contributed by atoms with van der Waals surface area (Å²) in [6.07, 6.45) is 0. The first kappa shape index (κ1) is 12.7. The SMILES string of the molecule is CC(=O)NS(=O)(=O)c1ccccc1C(C)C. The van der Waals surface area contributed by atoms with Gasteiger partial charge in [0, 0.05) is 6.92 Å². The molecule has 0 fully saturated rings. The van der Waals surface area contributed by atoms with E-state index >= 15 is 0 Å². The Morgan fingerprint density at radius 1 is 1.25 bits per heavy atom. The molecule has 1 N–H and O–H groups in total. The summed E-state index contributed by atoms with van der Waals surface area (Å²) in [5.74, 6) is -0.502.